The maximum Gasteiger partial charge on any atom is 0.281 e. The zero-order valence-electron chi connectivity index (χ0n) is 15.7. The van der Waals surface area contributed by atoms with E-state index in [-0.39, 0.29) is 5.41 Å². The van der Waals surface area contributed by atoms with E-state index in [0.717, 1.165) is 32.5 Å². The molecule has 25 heavy (non-hydrogen) atoms. The zero-order chi connectivity index (χ0) is 18.1. The minimum Gasteiger partial charge on any atom is -0.302 e. The Kier molecular flexibility index (Phi) is 5.54. The Morgan fingerprint density at radius 2 is 1.80 bits per heavy atom. The fraction of sp³-hybridized carbons (Fsp3) is 0.684. The monoisotopic (exact) mass is 365 g/mol. The fourth-order valence-electron chi connectivity index (χ4n) is 4.48. The smallest absolute Gasteiger partial charge is 0.281 e. The number of piperidine rings is 2. The highest BCUT2D eigenvalue weighted by Crippen LogP contribution is 2.45. The molecule has 2 saturated heterocycles. The number of hydrogen-bond donors (Lipinski definition) is 0. The van der Waals surface area contributed by atoms with E-state index in [4.69, 9.17) is 0 Å². The van der Waals surface area contributed by atoms with Crippen molar-refractivity contribution in [2.75, 3.05) is 46.8 Å². The van der Waals surface area contributed by atoms with Gasteiger partial charge < -0.3 is 4.90 Å². The largest absolute Gasteiger partial charge is 0.302 e. The maximum atomic E-state index is 12.4. The molecule has 6 heteroatoms. The van der Waals surface area contributed by atoms with Crippen LogP contribution in [0.3, 0.4) is 0 Å². The van der Waals surface area contributed by atoms with Gasteiger partial charge in [0.25, 0.3) is 10.2 Å². The molecular formula is C19H31N3O2S. The Hall–Kier alpha value is -0.950. The molecule has 0 aliphatic carbocycles. The minimum absolute atomic E-state index is 0.243. The minimum atomic E-state index is -3.29. The summed E-state index contributed by atoms with van der Waals surface area (Å²) >= 11 is 0. The van der Waals surface area contributed by atoms with Gasteiger partial charge in [-0.05, 0) is 42.7 Å². The van der Waals surface area contributed by atoms with Crippen LogP contribution in [0.5, 0.6) is 0 Å². The van der Waals surface area contributed by atoms with E-state index in [0.29, 0.717) is 19.0 Å². The van der Waals surface area contributed by atoms with Crippen molar-refractivity contribution in [1.82, 2.24) is 13.5 Å². The van der Waals surface area contributed by atoms with E-state index >= 15 is 0 Å². The van der Waals surface area contributed by atoms with Crippen LogP contribution >= 0.6 is 0 Å². The molecule has 1 atom stereocenters. The van der Waals surface area contributed by atoms with Gasteiger partial charge in [-0.2, -0.15) is 17.0 Å². The Bertz CT molecular complexity index is 667. The number of likely N-dealkylation sites (tertiary alicyclic amines) is 1. The second-order valence-corrected chi connectivity index (χ2v) is 9.97. The third kappa shape index (κ3) is 3.92. The predicted molar refractivity (Wildman–Crippen MR) is 102 cm³/mol. The third-order valence-corrected chi connectivity index (χ3v) is 7.95. The van der Waals surface area contributed by atoms with Crippen molar-refractivity contribution in [3.63, 3.8) is 0 Å². The zero-order valence-corrected chi connectivity index (χ0v) is 16.5. The van der Waals surface area contributed by atoms with Crippen LogP contribution in [0.15, 0.2) is 30.3 Å². The predicted octanol–water partition coefficient (Wildman–Crippen LogP) is 2.38. The molecule has 0 N–H and O–H groups in total. The first-order valence-corrected chi connectivity index (χ1v) is 10.7. The van der Waals surface area contributed by atoms with Crippen LogP contribution in [0.1, 0.15) is 37.7 Å². The highest BCUT2D eigenvalue weighted by atomic mass is 32.2. The summed E-state index contributed by atoms with van der Waals surface area (Å²) in [6, 6.07) is 10.8. The molecule has 0 radical (unpaired) electrons. The third-order valence-electron chi connectivity index (χ3n) is 6.01. The Morgan fingerprint density at radius 3 is 2.36 bits per heavy atom. The van der Waals surface area contributed by atoms with E-state index in [2.05, 4.69) is 42.2 Å². The second-order valence-electron chi connectivity index (χ2n) is 7.83. The van der Waals surface area contributed by atoms with Crippen molar-refractivity contribution in [1.29, 1.82) is 0 Å². The Balaban J connectivity index is 1.75. The van der Waals surface area contributed by atoms with Gasteiger partial charge in [-0.15, -0.1) is 0 Å². The SMILES string of the molecule is CCN1C[C@@H](c2ccccc2)CC2(CCN(S(=O)(=O)N(C)C)CC2)C1. The summed E-state index contributed by atoms with van der Waals surface area (Å²) in [4.78, 5) is 2.55. The topological polar surface area (TPSA) is 43.9 Å². The van der Waals surface area contributed by atoms with Crippen molar-refractivity contribution >= 4 is 10.2 Å². The van der Waals surface area contributed by atoms with E-state index in [9.17, 15) is 8.42 Å². The molecule has 0 bridgehead atoms. The molecule has 2 fully saturated rings. The van der Waals surface area contributed by atoms with Gasteiger partial charge in [0.05, 0.1) is 0 Å². The van der Waals surface area contributed by atoms with Gasteiger partial charge in [-0.3, -0.25) is 0 Å². The number of nitrogens with zero attached hydrogens (tertiary/aromatic N) is 3. The quantitative estimate of drug-likeness (QED) is 0.823. The van der Waals surface area contributed by atoms with Crippen molar-refractivity contribution in [3.8, 4) is 0 Å². The second kappa shape index (κ2) is 7.35. The average molecular weight is 366 g/mol. The number of benzene rings is 1. The molecule has 0 amide bonds. The molecule has 0 saturated carbocycles. The van der Waals surface area contributed by atoms with Crippen molar-refractivity contribution in [2.45, 2.75) is 32.1 Å². The van der Waals surface area contributed by atoms with E-state index in [1.807, 2.05) is 0 Å². The summed E-state index contributed by atoms with van der Waals surface area (Å²) in [6.07, 6.45) is 3.09. The average Bonchev–Trinajstić information content (AvgIpc) is 2.62. The molecule has 5 nitrogen and oxygen atoms in total. The van der Waals surface area contributed by atoms with E-state index < -0.39 is 10.2 Å². The van der Waals surface area contributed by atoms with Crippen LogP contribution in [0.25, 0.3) is 0 Å². The first kappa shape index (κ1) is 18.8. The highest BCUT2D eigenvalue weighted by molar-refractivity contribution is 7.86. The molecule has 0 aromatic heterocycles. The van der Waals surface area contributed by atoms with Crippen LogP contribution in [-0.2, 0) is 10.2 Å². The van der Waals surface area contributed by atoms with Gasteiger partial charge >= 0.3 is 0 Å². The summed E-state index contributed by atoms with van der Waals surface area (Å²) in [7, 11) is -0.0557. The van der Waals surface area contributed by atoms with E-state index in [1.54, 1.807) is 18.4 Å². The summed E-state index contributed by atoms with van der Waals surface area (Å²) in [5.74, 6) is 0.548. The van der Waals surface area contributed by atoms with Gasteiger partial charge in [0, 0.05) is 40.3 Å². The molecule has 1 aromatic rings. The van der Waals surface area contributed by atoms with Crippen molar-refractivity contribution in [2.24, 2.45) is 5.41 Å². The highest BCUT2D eigenvalue weighted by Gasteiger charge is 2.43. The summed E-state index contributed by atoms with van der Waals surface area (Å²) in [5, 5.41) is 0. The van der Waals surface area contributed by atoms with Crippen molar-refractivity contribution < 1.29 is 8.42 Å². The molecular weight excluding hydrogens is 334 g/mol. The van der Waals surface area contributed by atoms with Gasteiger partial charge in [-0.25, -0.2) is 0 Å². The van der Waals surface area contributed by atoms with Crippen LogP contribution in [0.2, 0.25) is 0 Å². The lowest BCUT2D eigenvalue weighted by atomic mass is 9.68. The lowest BCUT2D eigenvalue weighted by molar-refractivity contribution is 0.0329. The van der Waals surface area contributed by atoms with Crippen LogP contribution in [0.4, 0.5) is 0 Å². The van der Waals surface area contributed by atoms with Crippen LogP contribution in [-0.4, -0.2) is 68.7 Å². The van der Waals surface area contributed by atoms with E-state index in [1.165, 1.54) is 16.3 Å². The molecule has 140 valence electrons. The molecule has 3 rings (SSSR count). The molecule has 2 heterocycles. The lowest BCUT2D eigenvalue weighted by Crippen LogP contribution is -2.53. The maximum absolute atomic E-state index is 12.4. The lowest BCUT2D eigenvalue weighted by Gasteiger charge is -2.50. The molecule has 2 aliphatic heterocycles. The van der Waals surface area contributed by atoms with Crippen molar-refractivity contribution in [3.05, 3.63) is 35.9 Å². The standard InChI is InChI=1S/C19H31N3O2S/c1-4-21-15-18(17-8-6-5-7-9-17)14-19(16-21)10-12-22(13-11-19)25(23,24)20(2)3/h5-9,18H,4,10-16H2,1-3H3/t18-/m0/s1. The summed E-state index contributed by atoms with van der Waals surface area (Å²) in [5.41, 5.74) is 1.66. The molecule has 1 spiro atoms. The summed E-state index contributed by atoms with van der Waals surface area (Å²) in [6.45, 7) is 6.78. The molecule has 0 unspecified atom stereocenters. The number of hydrogen-bond acceptors (Lipinski definition) is 3. The molecule has 1 aromatic carbocycles. The van der Waals surface area contributed by atoms with Crippen LogP contribution < -0.4 is 0 Å². The van der Waals surface area contributed by atoms with Gasteiger partial charge in [0.2, 0.25) is 0 Å². The number of likely N-dealkylation sites (N-methyl/N-ethyl adjacent to an activating group) is 1. The summed E-state index contributed by atoms with van der Waals surface area (Å²) < 4.78 is 27.8. The van der Waals surface area contributed by atoms with Gasteiger partial charge in [0.15, 0.2) is 0 Å². The fourth-order valence-corrected chi connectivity index (χ4v) is 5.58. The van der Waals surface area contributed by atoms with Gasteiger partial charge in [-0.1, -0.05) is 37.3 Å². The first-order valence-electron chi connectivity index (χ1n) is 9.31. The molecule has 2 aliphatic rings. The first-order chi connectivity index (χ1) is 11.9. The Morgan fingerprint density at radius 1 is 1.16 bits per heavy atom. The van der Waals surface area contributed by atoms with Crippen LogP contribution in [0, 0.1) is 5.41 Å². The van der Waals surface area contributed by atoms with Gasteiger partial charge in [0.1, 0.15) is 0 Å². The normalized spacial score (nSPS) is 25.5. The number of rotatable bonds is 4. The Labute approximate surface area is 152 Å².